The minimum absolute atomic E-state index is 0.0365. The van der Waals surface area contributed by atoms with E-state index in [9.17, 15) is 9.59 Å². The maximum Gasteiger partial charge on any atom is 0.248 e. The normalized spacial score (nSPS) is 9.77. The Hall–Kier alpha value is -1.51. The third-order valence-corrected chi connectivity index (χ3v) is 1.95. The predicted molar refractivity (Wildman–Crippen MR) is 47.6 cm³/mol. The summed E-state index contributed by atoms with van der Waals surface area (Å²) in [6, 6.07) is 5.12. The molecule has 1 rings (SSSR count). The molecule has 0 aliphatic carbocycles. The molecule has 3 nitrogen and oxygen atoms in total. The highest BCUT2D eigenvalue weighted by molar-refractivity contribution is 5.93. The molecule has 0 aliphatic rings. The van der Waals surface area contributed by atoms with Crippen LogP contribution < -0.4 is 4.57 Å². The lowest BCUT2D eigenvalue weighted by Gasteiger charge is -1.98. The van der Waals surface area contributed by atoms with Crippen LogP contribution in [0.1, 0.15) is 34.8 Å². The van der Waals surface area contributed by atoms with Crippen molar-refractivity contribution >= 4 is 11.6 Å². The number of carbonyl (C=O) groups is 2. The molecule has 0 aliphatic heterocycles. The van der Waals surface area contributed by atoms with Gasteiger partial charge in [0.1, 0.15) is 7.05 Å². The van der Waals surface area contributed by atoms with Crippen molar-refractivity contribution in [1.82, 2.24) is 0 Å². The van der Waals surface area contributed by atoms with E-state index in [0.29, 0.717) is 11.4 Å². The molecule has 0 atom stereocenters. The Kier molecular flexibility index (Phi) is 2.56. The lowest BCUT2D eigenvalue weighted by molar-refractivity contribution is -0.675. The molecule has 0 bridgehead atoms. The van der Waals surface area contributed by atoms with E-state index in [1.807, 2.05) is 0 Å². The molecule has 0 amide bonds. The molecular weight excluding hydrogens is 166 g/mol. The summed E-state index contributed by atoms with van der Waals surface area (Å²) in [5.74, 6) is -0.0730. The van der Waals surface area contributed by atoms with Crippen LogP contribution in [0.5, 0.6) is 0 Å². The van der Waals surface area contributed by atoms with Gasteiger partial charge in [-0.25, -0.2) is 0 Å². The third kappa shape index (κ3) is 1.80. The number of rotatable bonds is 2. The van der Waals surface area contributed by atoms with Gasteiger partial charge in [0, 0.05) is 26.0 Å². The molecule has 3 heteroatoms. The first-order valence-corrected chi connectivity index (χ1v) is 4.05. The first-order chi connectivity index (χ1) is 6.04. The van der Waals surface area contributed by atoms with Gasteiger partial charge in [-0.05, 0) is 6.07 Å². The van der Waals surface area contributed by atoms with Gasteiger partial charge in [-0.1, -0.05) is 0 Å². The number of aromatic nitrogens is 1. The molecule has 68 valence electrons. The van der Waals surface area contributed by atoms with E-state index < -0.39 is 0 Å². The van der Waals surface area contributed by atoms with Crippen molar-refractivity contribution < 1.29 is 14.2 Å². The van der Waals surface area contributed by atoms with E-state index >= 15 is 0 Å². The van der Waals surface area contributed by atoms with Gasteiger partial charge in [-0.3, -0.25) is 9.59 Å². The largest absolute Gasteiger partial charge is 0.288 e. The van der Waals surface area contributed by atoms with Crippen LogP contribution in [0.2, 0.25) is 0 Å². The summed E-state index contributed by atoms with van der Waals surface area (Å²) in [4.78, 5) is 22.2. The number of pyridine rings is 1. The van der Waals surface area contributed by atoms with Crippen LogP contribution in [0.4, 0.5) is 0 Å². The predicted octanol–water partition coefficient (Wildman–Crippen LogP) is 0.916. The fourth-order valence-corrected chi connectivity index (χ4v) is 1.29. The summed E-state index contributed by atoms with van der Waals surface area (Å²) in [7, 11) is 1.72. The van der Waals surface area contributed by atoms with Crippen LogP contribution in [-0.2, 0) is 7.05 Å². The molecule has 1 heterocycles. The second kappa shape index (κ2) is 3.47. The van der Waals surface area contributed by atoms with E-state index in [4.69, 9.17) is 0 Å². The lowest BCUT2D eigenvalue weighted by atomic mass is 10.2. The molecule has 0 unspecified atom stereocenters. The van der Waals surface area contributed by atoms with Gasteiger partial charge >= 0.3 is 0 Å². The van der Waals surface area contributed by atoms with Crippen LogP contribution in [-0.4, -0.2) is 11.6 Å². The standard InChI is InChI=1S/C10H12NO2/c1-7(12)9-5-4-6-10(8(2)13)11(9)3/h4-6H,1-3H3/q+1. The van der Waals surface area contributed by atoms with E-state index in [1.54, 1.807) is 29.8 Å². The molecule has 0 aromatic carbocycles. The zero-order valence-corrected chi connectivity index (χ0v) is 8.00. The monoisotopic (exact) mass is 178 g/mol. The molecule has 0 saturated carbocycles. The van der Waals surface area contributed by atoms with Gasteiger partial charge in [0.2, 0.25) is 23.0 Å². The van der Waals surface area contributed by atoms with Gasteiger partial charge < -0.3 is 0 Å². The molecular formula is C10H12NO2+. The summed E-state index contributed by atoms with van der Waals surface area (Å²) < 4.78 is 1.62. The molecule has 1 aromatic rings. The molecule has 0 N–H and O–H groups in total. The van der Waals surface area contributed by atoms with Gasteiger partial charge in [0.15, 0.2) is 0 Å². The Morgan fingerprint density at radius 2 is 1.46 bits per heavy atom. The van der Waals surface area contributed by atoms with E-state index in [-0.39, 0.29) is 11.6 Å². The lowest BCUT2D eigenvalue weighted by Crippen LogP contribution is -2.41. The number of carbonyl (C=O) groups excluding carboxylic acids is 2. The molecule has 13 heavy (non-hydrogen) atoms. The number of hydrogen-bond acceptors (Lipinski definition) is 2. The SMILES string of the molecule is CC(=O)c1cccc(C(C)=O)[n+]1C. The number of Topliss-reactive ketones (excluding diaryl/α,β-unsaturated/α-hetero) is 2. The van der Waals surface area contributed by atoms with E-state index in [0.717, 1.165) is 0 Å². The maximum atomic E-state index is 11.1. The summed E-state index contributed by atoms with van der Waals surface area (Å²) in [6.07, 6.45) is 0. The minimum Gasteiger partial charge on any atom is -0.288 e. The second-order valence-corrected chi connectivity index (χ2v) is 2.97. The smallest absolute Gasteiger partial charge is 0.248 e. The maximum absolute atomic E-state index is 11.1. The Balaban J connectivity index is 3.35. The summed E-state index contributed by atoms with van der Waals surface area (Å²) in [6.45, 7) is 2.97. The van der Waals surface area contributed by atoms with Crippen molar-refractivity contribution in [2.45, 2.75) is 13.8 Å². The Morgan fingerprint density at radius 3 is 1.77 bits per heavy atom. The van der Waals surface area contributed by atoms with Crippen molar-refractivity contribution in [1.29, 1.82) is 0 Å². The van der Waals surface area contributed by atoms with E-state index in [2.05, 4.69) is 0 Å². The van der Waals surface area contributed by atoms with E-state index in [1.165, 1.54) is 13.8 Å². The van der Waals surface area contributed by atoms with Crippen molar-refractivity contribution in [2.75, 3.05) is 0 Å². The second-order valence-electron chi connectivity index (χ2n) is 2.97. The van der Waals surface area contributed by atoms with Gasteiger partial charge in [0.25, 0.3) is 0 Å². The van der Waals surface area contributed by atoms with Crippen LogP contribution in [0.25, 0.3) is 0 Å². The number of hydrogen-bond donors (Lipinski definition) is 0. The average molecular weight is 178 g/mol. The van der Waals surface area contributed by atoms with Crippen molar-refractivity contribution in [3.63, 3.8) is 0 Å². The highest BCUT2D eigenvalue weighted by Crippen LogP contribution is 1.98. The van der Waals surface area contributed by atoms with Crippen LogP contribution >= 0.6 is 0 Å². The fourth-order valence-electron chi connectivity index (χ4n) is 1.29. The Morgan fingerprint density at radius 1 is 1.08 bits per heavy atom. The van der Waals surface area contributed by atoms with Gasteiger partial charge in [-0.15, -0.1) is 0 Å². The number of ketones is 2. The highest BCUT2D eigenvalue weighted by Gasteiger charge is 2.18. The van der Waals surface area contributed by atoms with Crippen LogP contribution in [0.3, 0.4) is 0 Å². The van der Waals surface area contributed by atoms with Crippen LogP contribution in [0.15, 0.2) is 18.2 Å². The highest BCUT2D eigenvalue weighted by atomic mass is 16.1. The summed E-state index contributed by atoms with van der Waals surface area (Å²) in [5, 5.41) is 0. The van der Waals surface area contributed by atoms with Crippen molar-refractivity contribution in [2.24, 2.45) is 7.05 Å². The van der Waals surface area contributed by atoms with Crippen LogP contribution in [0, 0.1) is 0 Å². The molecule has 0 fully saturated rings. The molecule has 0 saturated heterocycles. The summed E-state index contributed by atoms with van der Waals surface area (Å²) in [5.41, 5.74) is 1.10. The zero-order chi connectivity index (χ0) is 10.0. The Bertz CT molecular complexity index is 337. The molecule has 0 spiro atoms. The Labute approximate surface area is 77.0 Å². The molecule has 1 aromatic heterocycles. The quantitative estimate of drug-likeness (QED) is 0.499. The minimum atomic E-state index is -0.0365. The zero-order valence-electron chi connectivity index (χ0n) is 8.00. The topological polar surface area (TPSA) is 38.0 Å². The third-order valence-electron chi connectivity index (χ3n) is 1.95. The first kappa shape index (κ1) is 9.58. The summed E-state index contributed by atoms with van der Waals surface area (Å²) >= 11 is 0. The number of nitrogens with zero attached hydrogens (tertiary/aromatic N) is 1. The average Bonchev–Trinajstić information content (AvgIpc) is 2.03. The van der Waals surface area contributed by atoms with Crippen molar-refractivity contribution in [3.05, 3.63) is 29.6 Å². The van der Waals surface area contributed by atoms with Gasteiger partial charge in [0.05, 0.1) is 0 Å². The van der Waals surface area contributed by atoms with Crippen molar-refractivity contribution in [3.8, 4) is 0 Å². The first-order valence-electron chi connectivity index (χ1n) is 4.05. The fraction of sp³-hybridized carbons (Fsp3) is 0.300. The molecule has 0 radical (unpaired) electrons. The van der Waals surface area contributed by atoms with Gasteiger partial charge in [-0.2, -0.15) is 4.57 Å².